The summed E-state index contributed by atoms with van der Waals surface area (Å²) >= 11 is 0. The highest BCUT2D eigenvalue weighted by atomic mass is 16.4. The van der Waals surface area contributed by atoms with Crippen molar-refractivity contribution in [1.82, 2.24) is 0 Å². The zero-order valence-corrected chi connectivity index (χ0v) is 7.79. The van der Waals surface area contributed by atoms with Gasteiger partial charge < -0.3 is 5.11 Å². The SMILES string of the molecule is C=C(C(=O)O)c1cccc(C)c1C. The molecule has 0 heterocycles. The minimum absolute atomic E-state index is 0.154. The summed E-state index contributed by atoms with van der Waals surface area (Å²) in [5.41, 5.74) is 2.93. The van der Waals surface area contributed by atoms with E-state index in [1.165, 1.54) is 0 Å². The standard InChI is InChI=1S/C11H12O2/c1-7-5-4-6-10(8(7)2)9(3)11(12)13/h4-6H,3H2,1-2H3,(H,12,13). The number of aliphatic carboxylic acids is 1. The van der Waals surface area contributed by atoms with Crippen LogP contribution in [-0.4, -0.2) is 11.1 Å². The summed E-state index contributed by atoms with van der Waals surface area (Å²) in [7, 11) is 0. The maximum atomic E-state index is 10.7. The predicted molar refractivity (Wildman–Crippen MR) is 52.6 cm³/mol. The molecule has 1 N–H and O–H groups in total. The summed E-state index contributed by atoms with van der Waals surface area (Å²) in [6.07, 6.45) is 0. The Kier molecular flexibility index (Phi) is 2.52. The van der Waals surface area contributed by atoms with Crippen LogP contribution in [0, 0.1) is 13.8 Å². The van der Waals surface area contributed by atoms with Crippen LogP contribution < -0.4 is 0 Å². The van der Waals surface area contributed by atoms with Gasteiger partial charge in [0.1, 0.15) is 0 Å². The van der Waals surface area contributed by atoms with Gasteiger partial charge in [0.25, 0.3) is 0 Å². The van der Waals surface area contributed by atoms with E-state index in [4.69, 9.17) is 5.11 Å². The fraction of sp³-hybridized carbons (Fsp3) is 0.182. The Morgan fingerprint density at radius 3 is 2.54 bits per heavy atom. The van der Waals surface area contributed by atoms with Crippen LogP contribution in [0.15, 0.2) is 24.8 Å². The first-order chi connectivity index (χ1) is 6.04. The largest absolute Gasteiger partial charge is 0.478 e. The van der Waals surface area contributed by atoms with E-state index < -0.39 is 5.97 Å². The number of carboxylic acids is 1. The highest BCUT2D eigenvalue weighted by molar-refractivity contribution is 6.14. The smallest absolute Gasteiger partial charge is 0.335 e. The molecule has 0 saturated heterocycles. The lowest BCUT2D eigenvalue weighted by molar-refractivity contribution is -0.130. The van der Waals surface area contributed by atoms with Gasteiger partial charge in [0.15, 0.2) is 0 Å². The molecule has 0 amide bonds. The number of hydrogen-bond donors (Lipinski definition) is 1. The molecule has 0 fully saturated rings. The number of rotatable bonds is 2. The van der Waals surface area contributed by atoms with Gasteiger partial charge in [-0.25, -0.2) is 4.79 Å². The molecule has 0 atom stereocenters. The van der Waals surface area contributed by atoms with Crippen LogP contribution in [0.5, 0.6) is 0 Å². The lowest BCUT2D eigenvalue weighted by Gasteiger charge is -2.07. The van der Waals surface area contributed by atoms with Crippen molar-refractivity contribution in [3.8, 4) is 0 Å². The van der Waals surface area contributed by atoms with Crippen LogP contribution in [0.4, 0.5) is 0 Å². The molecule has 2 heteroatoms. The molecule has 1 aromatic rings. The van der Waals surface area contributed by atoms with E-state index in [0.29, 0.717) is 5.56 Å². The topological polar surface area (TPSA) is 37.3 Å². The Balaban J connectivity index is 3.23. The van der Waals surface area contributed by atoms with Gasteiger partial charge in [-0.05, 0) is 30.5 Å². The molecule has 1 aromatic carbocycles. The first-order valence-corrected chi connectivity index (χ1v) is 4.03. The number of benzene rings is 1. The van der Waals surface area contributed by atoms with Gasteiger partial charge in [-0.1, -0.05) is 24.8 Å². The zero-order chi connectivity index (χ0) is 10.0. The fourth-order valence-corrected chi connectivity index (χ4v) is 1.19. The molecular weight excluding hydrogens is 164 g/mol. The Hall–Kier alpha value is -1.57. The average Bonchev–Trinajstić information content (AvgIpc) is 2.08. The molecule has 13 heavy (non-hydrogen) atoms. The highest BCUT2D eigenvalue weighted by Gasteiger charge is 2.10. The Bertz CT molecular complexity index is 364. The molecule has 2 nitrogen and oxygen atoms in total. The molecule has 0 aliphatic carbocycles. The van der Waals surface area contributed by atoms with Gasteiger partial charge in [-0.2, -0.15) is 0 Å². The van der Waals surface area contributed by atoms with Crippen molar-refractivity contribution in [1.29, 1.82) is 0 Å². The molecule has 0 saturated carbocycles. The van der Waals surface area contributed by atoms with Gasteiger partial charge in [-0.15, -0.1) is 0 Å². The molecule has 0 aliphatic rings. The predicted octanol–water partition coefficient (Wildman–Crippen LogP) is 2.40. The second-order valence-electron chi connectivity index (χ2n) is 3.03. The van der Waals surface area contributed by atoms with Gasteiger partial charge in [0.05, 0.1) is 5.57 Å². The summed E-state index contributed by atoms with van der Waals surface area (Å²) in [5.74, 6) is -0.964. The molecule has 1 rings (SSSR count). The van der Waals surface area contributed by atoms with Crippen molar-refractivity contribution in [2.75, 3.05) is 0 Å². The Morgan fingerprint density at radius 1 is 1.38 bits per heavy atom. The summed E-state index contributed by atoms with van der Waals surface area (Å²) in [6.45, 7) is 7.38. The zero-order valence-electron chi connectivity index (χ0n) is 7.79. The third kappa shape index (κ3) is 1.78. The fourth-order valence-electron chi connectivity index (χ4n) is 1.19. The van der Waals surface area contributed by atoms with Crippen LogP contribution in [-0.2, 0) is 4.79 Å². The Labute approximate surface area is 77.5 Å². The van der Waals surface area contributed by atoms with E-state index in [1.807, 2.05) is 26.0 Å². The van der Waals surface area contributed by atoms with Crippen molar-refractivity contribution in [2.24, 2.45) is 0 Å². The van der Waals surface area contributed by atoms with Crippen molar-refractivity contribution in [3.63, 3.8) is 0 Å². The van der Waals surface area contributed by atoms with E-state index >= 15 is 0 Å². The van der Waals surface area contributed by atoms with Gasteiger partial charge in [0, 0.05) is 0 Å². The number of carboxylic acid groups (broad SMARTS) is 1. The maximum absolute atomic E-state index is 10.7. The quantitative estimate of drug-likeness (QED) is 0.702. The minimum Gasteiger partial charge on any atom is -0.478 e. The van der Waals surface area contributed by atoms with Crippen molar-refractivity contribution < 1.29 is 9.90 Å². The number of hydrogen-bond acceptors (Lipinski definition) is 1. The van der Waals surface area contributed by atoms with E-state index in [2.05, 4.69) is 6.58 Å². The molecule has 0 spiro atoms. The van der Waals surface area contributed by atoms with Gasteiger partial charge >= 0.3 is 5.97 Å². The molecule has 0 aromatic heterocycles. The summed E-state index contributed by atoms with van der Waals surface area (Å²) in [6, 6.07) is 5.57. The second-order valence-corrected chi connectivity index (χ2v) is 3.03. The van der Waals surface area contributed by atoms with Crippen LogP contribution >= 0.6 is 0 Å². The van der Waals surface area contributed by atoms with Crippen molar-refractivity contribution in [2.45, 2.75) is 13.8 Å². The molecular formula is C11H12O2. The van der Waals surface area contributed by atoms with Crippen molar-refractivity contribution in [3.05, 3.63) is 41.5 Å². The number of carbonyl (C=O) groups is 1. The van der Waals surface area contributed by atoms with E-state index in [0.717, 1.165) is 11.1 Å². The van der Waals surface area contributed by atoms with E-state index in [-0.39, 0.29) is 5.57 Å². The Morgan fingerprint density at radius 2 is 2.00 bits per heavy atom. The van der Waals surface area contributed by atoms with Crippen molar-refractivity contribution >= 4 is 11.5 Å². The van der Waals surface area contributed by atoms with Gasteiger partial charge in [-0.3, -0.25) is 0 Å². The third-order valence-electron chi connectivity index (χ3n) is 2.19. The summed E-state index contributed by atoms with van der Waals surface area (Å²) in [5, 5.41) is 8.75. The van der Waals surface area contributed by atoms with Crippen LogP contribution in [0.1, 0.15) is 16.7 Å². The first-order valence-electron chi connectivity index (χ1n) is 4.03. The van der Waals surface area contributed by atoms with Gasteiger partial charge in [0.2, 0.25) is 0 Å². The maximum Gasteiger partial charge on any atom is 0.335 e. The molecule has 0 aliphatic heterocycles. The summed E-state index contributed by atoms with van der Waals surface area (Å²) in [4.78, 5) is 10.7. The average molecular weight is 176 g/mol. The monoisotopic (exact) mass is 176 g/mol. The molecule has 0 bridgehead atoms. The minimum atomic E-state index is -0.964. The number of aryl methyl sites for hydroxylation is 1. The summed E-state index contributed by atoms with van der Waals surface area (Å²) < 4.78 is 0. The molecule has 0 radical (unpaired) electrons. The highest BCUT2D eigenvalue weighted by Crippen LogP contribution is 2.19. The normalized spacial score (nSPS) is 9.69. The molecule has 68 valence electrons. The van der Waals surface area contributed by atoms with Crippen LogP contribution in [0.2, 0.25) is 0 Å². The van der Waals surface area contributed by atoms with Crippen LogP contribution in [0.3, 0.4) is 0 Å². The molecule has 0 unspecified atom stereocenters. The lowest BCUT2D eigenvalue weighted by Crippen LogP contribution is -2.00. The first kappa shape index (κ1) is 9.52. The van der Waals surface area contributed by atoms with Crippen LogP contribution in [0.25, 0.3) is 5.57 Å². The third-order valence-corrected chi connectivity index (χ3v) is 2.19. The van der Waals surface area contributed by atoms with E-state index in [9.17, 15) is 4.79 Å². The van der Waals surface area contributed by atoms with E-state index in [1.54, 1.807) is 6.07 Å². The lowest BCUT2D eigenvalue weighted by atomic mass is 9.98. The second kappa shape index (κ2) is 3.44.